The number of benzene rings is 2. The van der Waals surface area contributed by atoms with Crippen molar-refractivity contribution in [2.75, 3.05) is 5.32 Å². The second-order valence-corrected chi connectivity index (χ2v) is 6.50. The van der Waals surface area contributed by atoms with Crippen molar-refractivity contribution in [1.82, 2.24) is 15.2 Å². The maximum atomic E-state index is 12.9. The first-order valence-corrected chi connectivity index (χ1v) is 8.95. The van der Waals surface area contributed by atoms with Gasteiger partial charge in [-0.1, -0.05) is 18.2 Å². The molecule has 4 rings (SSSR count). The highest BCUT2D eigenvalue weighted by Gasteiger charge is 2.30. The Morgan fingerprint density at radius 2 is 1.70 bits per heavy atom. The van der Waals surface area contributed by atoms with Crippen LogP contribution in [0.25, 0.3) is 22.4 Å². The van der Waals surface area contributed by atoms with Gasteiger partial charge in [0.15, 0.2) is 0 Å². The molecule has 0 aliphatic rings. The SMILES string of the molecule is O=C(Nc1cccc(C(F)(F)F)c1)c1cccc(-c2n[nH]cc2-c2ccncc2)c1. The fourth-order valence-corrected chi connectivity index (χ4v) is 3.05. The fraction of sp³-hybridized carbons (Fsp3) is 0.0455. The number of carbonyl (C=O) groups is 1. The van der Waals surface area contributed by atoms with Crippen LogP contribution in [0.4, 0.5) is 18.9 Å². The van der Waals surface area contributed by atoms with Crippen molar-refractivity contribution in [3.8, 4) is 22.4 Å². The van der Waals surface area contributed by atoms with Crippen LogP contribution in [-0.2, 0) is 6.18 Å². The molecule has 0 aliphatic heterocycles. The zero-order valence-corrected chi connectivity index (χ0v) is 15.4. The highest BCUT2D eigenvalue weighted by Crippen LogP contribution is 2.32. The summed E-state index contributed by atoms with van der Waals surface area (Å²) >= 11 is 0. The third kappa shape index (κ3) is 4.07. The van der Waals surface area contributed by atoms with E-state index >= 15 is 0 Å². The van der Waals surface area contributed by atoms with E-state index in [0.717, 1.165) is 23.3 Å². The van der Waals surface area contributed by atoms with Crippen LogP contribution in [0.3, 0.4) is 0 Å². The summed E-state index contributed by atoms with van der Waals surface area (Å²) in [5.41, 5.74) is 2.63. The Morgan fingerprint density at radius 1 is 0.933 bits per heavy atom. The number of rotatable bonds is 4. The van der Waals surface area contributed by atoms with Gasteiger partial charge in [-0.05, 0) is 48.0 Å². The van der Waals surface area contributed by atoms with Crippen molar-refractivity contribution in [3.05, 3.63) is 90.4 Å². The van der Waals surface area contributed by atoms with Gasteiger partial charge in [0.25, 0.3) is 5.91 Å². The fourth-order valence-electron chi connectivity index (χ4n) is 3.05. The van der Waals surface area contributed by atoms with Gasteiger partial charge in [0.2, 0.25) is 0 Å². The van der Waals surface area contributed by atoms with Crippen LogP contribution >= 0.6 is 0 Å². The molecular weight excluding hydrogens is 393 g/mol. The van der Waals surface area contributed by atoms with Crippen molar-refractivity contribution in [1.29, 1.82) is 0 Å². The molecule has 0 radical (unpaired) electrons. The number of hydrogen-bond donors (Lipinski definition) is 2. The number of aromatic amines is 1. The van der Waals surface area contributed by atoms with Crippen molar-refractivity contribution in [2.24, 2.45) is 0 Å². The lowest BCUT2D eigenvalue weighted by Crippen LogP contribution is -2.13. The van der Waals surface area contributed by atoms with Gasteiger partial charge in [0.05, 0.1) is 11.3 Å². The molecule has 2 heterocycles. The minimum atomic E-state index is -4.48. The number of alkyl halides is 3. The van der Waals surface area contributed by atoms with Gasteiger partial charge in [-0.15, -0.1) is 0 Å². The summed E-state index contributed by atoms with van der Waals surface area (Å²) in [4.78, 5) is 16.6. The average molecular weight is 408 g/mol. The predicted molar refractivity (Wildman–Crippen MR) is 107 cm³/mol. The van der Waals surface area contributed by atoms with Crippen LogP contribution in [0.5, 0.6) is 0 Å². The van der Waals surface area contributed by atoms with Crippen LogP contribution in [0.1, 0.15) is 15.9 Å². The summed E-state index contributed by atoms with van der Waals surface area (Å²) in [6.07, 6.45) is 0.611. The molecule has 30 heavy (non-hydrogen) atoms. The normalized spacial score (nSPS) is 11.3. The summed E-state index contributed by atoms with van der Waals surface area (Å²) < 4.78 is 38.7. The Bertz CT molecular complexity index is 1190. The third-order valence-electron chi connectivity index (χ3n) is 4.48. The predicted octanol–water partition coefficient (Wildman–Crippen LogP) is 5.41. The molecule has 0 aliphatic carbocycles. The average Bonchev–Trinajstić information content (AvgIpc) is 3.24. The lowest BCUT2D eigenvalue weighted by Gasteiger charge is -2.10. The quantitative estimate of drug-likeness (QED) is 0.474. The molecular formula is C22H15F3N4O. The Kier molecular flexibility index (Phi) is 5.05. The maximum Gasteiger partial charge on any atom is 0.416 e. The number of halogens is 3. The third-order valence-corrected chi connectivity index (χ3v) is 4.48. The molecule has 4 aromatic rings. The minimum Gasteiger partial charge on any atom is -0.322 e. The van der Waals surface area contributed by atoms with Gasteiger partial charge in [-0.2, -0.15) is 18.3 Å². The molecule has 0 fully saturated rings. The van der Waals surface area contributed by atoms with E-state index in [9.17, 15) is 18.0 Å². The Hall–Kier alpha value is -3.94. The molecule has 150 valence electrons. The van der Waals surface area contributed by atoms with Crippen LogP contribution in [-0.4, -0.2) is 21.1 Å². The molecule has 0 unspecified atom stereocenters. The number of hydrogen-bond acceptors (Lipinski definition) is 3. The molecule has 8 heteroatoms. The van der Waals surface area contributed by atoms with E-state index in [1.807, 2.05) is 18.2 Å². The molecule has 2 N–H and O–H groups in total. The number of H-pyrrole nitrogens is 1. The monoisotopic (exact) mass is 408 g/mol. The van der Waals surface area contributed by atoms with E-state index < -0.39 is 17.6 Å². The molecule has 2 aromatic heterocycles. The van der Waals surface area contributed by atoms with E-state index in [1.165, 1.54) is 12.1 Å². The zero-order chi connectivity index (χ0) is 21.1. The van der Waals surface area contributed by atoms with Crippen molar-refractivity contribution in [3.63, 3.8) is 0 Å². The lowest BCUT2D eigenvalue weighted by atomic mass is 10.0. The Morgan fingerprint density at radius 3 is 2.47 bits per heavy atom. The number of carbonyl (C=O) groups excluding carboxylic acids is 1. The standard InChI is InChI=1S/C22H15F3N4O/c23-22(24,25)17-5-2-6-18(12-17)28-21(30)16-4-1-3-15(11-16)20-19(13-27-29-20)14-7-9-26-10-8-14/h1-13H,(H,27,29)(H,28,30). The summed E-state index contributed by atoms with van der Waals surface area (Å²) in [7, 11) is 0. The van der Waals surface area contributed by atoms with Crippen LogP contribution in [0.2, 0.25) is 0 Å². The highest BCUT2D eigenvalue weighted by molar-refractivity contribution is 6.05. The van der Waals surface area contributed by atoms with Gasteiger partial charge >= 0.3 is 6.18 Å². The van der Waals surface area contributed by atoms with Crippen LogP contribution in [0, 0.1) is 0 Å². The second kappa shape index (κ2) is 7.82. The number of pyridine rings is 1. The minimum absolute atomic E-state index is 0.0671. The van der Waals surface area contributed by atoms with E-state index in [4.69, 9.17) is 0 Å². The van der Waals surface area contributed by atoms with Gasteiger partial charge in [-0.3, -0.25) is 14.9 Å². The number of anilines is 1. The van der Waals surface area contributed by atoms with Gasteiger partial charge in [-0.25, -0.2) is 0 Å². The van der Waals surface area contributed by atoms with Crippen molar-refractivity contribution in [2.45, 2.75) is 6.18 Å². The Balaban J connectivity index is 1.61. The van der Waals surface area contributed by atoms with Gasteiger partial charge < -0.3 is 5.32 Å². The van der Waals surface area contributed by atoms with E-state index in [2.05, 4.69) is 20.5 Å². The van der Waals surface area contributed by atoms with E-state index in [-0.39, 0.29) is 5.69 Å². The maximum absolute atomic E-state index is 12.9. The molecule has 0 spiro atoms. The first-order valence-electron chi connectivity index (χ1n) is 8.95. The summed E-state index contributed by atoms with van der Waals surface area (Å²) in [6.45, 7) is 0. The lowest BCUT2D eigenvalue weighted by molar-refractivity contribution is -0.137. The largest absolute Gasteiger partial charge is 0.416 e. The summed E-state index contributed by atoms with van der Waals surface area (Å²) in [6, 6.07) is 14.9. The number of nitrogens with one attached hydrogen (secondary N) is 2. The number of amides is 1. The topological polar surface area (TPSA) is 70.7 Å². The Labute approximate surface area is 169 Å². The van der Waals surface area contributed by atoms with Crippen LogP contribution < -0.4 is 5.32 Å². The molecule has 2 aromatic carbocycles. The first-order chi connectivity index (χ1) is 14.4. The van der Waals surface area contributed by atoms with Gasteiger partial charge in [0, 0.05) is 41.0 Å². The zero-order valence-electron chi connectivity index (χ0n) is 15.4. The summed E-state index contributed by atoms with van der Waals surface area (Å²) in [5, 5.41) is 9.62. The van der Waals surface area contributed by atoms with E-state index in [0.29, 0.717) is 16.8 Å². The molecule has 1 amide bonds. The van der Waals surface area contributed by atoms with Crippen molar-refractivity contribution < 1.29 is 18.0 Å². The molecule has 0 atom stereocenters. The first kappa shape index (κ1) is 19.4. The van der Waals surface area contributed by atoms with Crippen LogP contribution in [0.15, 0.2) is 79.3 Å². The second-order valence-electron chi connectivity index (χ2n) is 6.50. The summed E-state index contributed by atoms with van der Waals surface area (Å²) in [5.74, 6) is -0.517. The molecule has 0 saturated heterocycles. The number of nitrogens with zero attached hydrogens (tertiary/aromatic N) is 2. The molecule has 0 saturated carbocycles. The smallest absolute Gasteiger partial charge is 0.322 e. The van der Waals surface area contributed by atoms with Crippen molar-refractivity contribution >= 4 is 11.6 Å². The molecule has 5 nitrogen and oxygen atoms in total. The van der Waals surface area contributed by atoms with Gasteiger partial charge in [0.1, 0.15) is 0 Å². The van der Waals surface area contributed by atoms with E-state index in [1.54, 1.807) is 36.8 Å². The molecule has 0 bridgehead atoms. The number of aromatic nitrogens is 3. The highest BCUT2D eigenvalue weighted by atomic mass is 19.4.